The number of nitrogens with two attached hydrogens (primary N) is 2. The Morgan fingerprint density at radius 2 is 0.779 bits per heavy atom. The summed E-state index contributed by atoms with van der Waals surface area (Å²) in [5.41, 5.74) is 19.0. The molecule has 0 atom stereocenters. The number of alkyl carbamates (subject to hydrolysis) is 2. The van der Waals surface area contributed by atoms with Crippen LogP contribution in [0.5, 0.6) is 0 Å². The first-order chi connectivity index (χ1) is 45.3. The Balaban J connectivity index is 0.000000168. The zero-order chi connectivity index (χ0) is 68.6. The summed E-state index contributed by atoms with van der Waals surface area (Å²) in [6, 6.07) is 39.1. The van der Waals surface area contributed by atoms with Gasteiger partial charge in [-0.1, -0.05) is 68.4 Å². The highest BCUT2D eigenvalue weighted by atomic mass is 16.6. The topological polar surface area (TPSA) is 402 Å². The van der Waals surface area contributed by atoms with Crippen molar-refractivity contribution in [2.24, 2.45) is 23.5 Å². The third kappa shape index (κ3) is 21.1. The van der Waals surface area contributed by atoms with Crippen molar-refractivity contribution in [3.8, 4) is 33.8 Å². The van der Waals surface area contributed by atoms with E-state index in [1.54, 1.807) is 79.4 Å². The molecule has 3 aliphatic rings. The van der Waals surface area contributed by atoms with Crippen LogP contribution in [0.2, 0.25) is 0 Å². The average molecular weight is 1300 g/mol. The lowest BCUT2D eigenvalue weighted by atomic mass is 10.1. The molecule has 9 aromatic rings. The molecule has 12 N–H and O–H groups in total. The number of hydrogen-bond acceptors (Lipinski definition) is 18. The number of aliphatic carboxylic acids is 1. The molecule has 0 unspecified atom stereocenters. The molecule has 12 rings (SSSR count). The van der Waals surface area contributed by atoms with E-state index in [0.717, 1.165) is 72.3 Å². The minimum atomic E-state index is -1.10. The molecule has 498 valence electrons. The zero-order valence-corrected chi connectivity index (χ0v) is 53.9. The summed E-state index contributed by atoms with van der Waals surface area (Å²) in [6.07, 6.45) is 4.21. The lowest BCUT2D eigenvalue weighted by Gasteiger charge is -2.19. The number of benzene rings is 3. The van der Waals surface area contributed by atoms with Crippen LogP contribution in [-0.2, 0) is 38.2 Å². The highest BCUT2D eigenvalue weighted by Crippen LogP contribution is 2.33. The molecule has 0 bridgehead atoms. The van der Waals surface area contributed by atoms with Crippen molar-refractivity contribution in [3.05, 3.63) is 127 Å². The summed E-state index contributed by atoms with van der Waals surface area (Å²) >= 11 is 0. The maximum atomic E-state index is 12.1. The van der Waals surface area contributed by atoms with Crippen LogP contribution in [0.25, 0.3) is 50.7 Å². The lowest BCUT2D eigenvalue weighted by Crippen LogP contribution is -2.37. The fourth-order valence-corrected chi connectivity index (χ4v) is 8.65. The Morgan fingerprint density at radius 3 is 1.08 bits per heavy atom. The second-order valence-electron chi connectivity index (χ2n) is 23.8. The van der Waals surface area contributed by atoms with Crippen LogP contribution in [0, 0.1) is 17.8 Å². The summed E-state index contributed by atoms with van der Waals surface area (Å²) in [5, 5.41) is 39.7. The molecule has 6 aromatic heterocycles. The molecular formula is C66H78N18O11. The second kappa shape index (κ2) is 31.3. The third-order valence-corrected chi connectivity index (χ3v) is 13.5. The Bertz CT molecular complexity index is 4200. The van der Waals surface area contributed by atoms with Crippen LogP contribution >= 0.6 is 0 Å². The average Bonchev–Trinajstić information content (AvgIpc) is 1.71. The first-order valence-electron chi connectivity index (χ1n) is 30.9. The van der Waals surface area contributed by atoms with Crippen molar-refractivity contribution in [1.29, 1.82) is 0 Å². The van der Waals surface area contributed by atoms with E-state index in [1.807, 2.05) is 117 Å². The molecule has 3 aromatic carbocycles. The molecule has 29 heteroatoms. The molecule has 0 spiro atoms. The molecule has 0 radical (unpaired) electrons. The molecule has 29 nitrogen and oxygen atoms in total. The van der Waals surface area contributed by atoms with Crippen LogP contribution in [0.1, 0.15) is 93.9 Å². The minimum absolute atomic E-state index is 0.00457. The number of carboxylic acid groups (broad SMARTS) is 1. The van der Waals surface area contributed by atoms with Gasteiger partial charge in [0.25, 0.3) is 0 Å². The third-order valence-electron chi connectivity index (χ3n) is 13.5. The van der Waals surface area contributed by atoms with E-state index in [2.05, 4.69) is 67.5 Å². The van der Waals surface area contributed by atoms with Crippen LogP contribution in [0.15, 0.2) is 127 Å². The summed E-state index contributed by atoms with van der Waals surface area (Å²) in [4.78, 5) is 105. The van der Waals surface area contributed by atoms with E-state index in [1.165, 1.54) is 0 Å². The fourth-order valence-electron chi connectivity index (χ4n) is 8.65. The molecule has 3 aliphatic carbocycles. The SMILES string of the molecule is CC.CC(C)(C)OC(=O)NCC(=O)Nc1ccc(-c2cccc3nc(NC(=O)C4CC4)nn23)cc1.CC(C)(C)OC(=O)NCC(=O)O.NCC(=O)Nc1ccc(-c2cccc3nc(NC(=O)C4CC4)nn23)cc1.Nc1ccc(-c2cccc3nc(NC(=O)C4CC4)nn23)cc1. The van der Waals surface area contributed by atoms with Gasteiger partial charge in [-0.25, -0.2) is 23.1 Å². The summed E-state index contributed by atoms with van der Waals surface area (Å²) in [7, 11) is 0. The number of nitrogen functional groups attached to an aromatic ring is 1. The van der Waals surface area contributed by atoms with Gasteiger partial charge >= 0.3 is 18.2 Å². The van der Waals surface area contributed by atoms with Gasteiger partial charge in [0.2, 0.25) is 47.4 Å². The van der Waals surface area contributed by atoms with Crippen molar-refractivity contribution in [1.82, 2.24) is 54.4 Å². The maximum Gasteiger partial charge on any atom is 0.408 e. The van der Waals surface area contributed by atoms with E-state index < -0.39 is 35.9 Å². The monoisotopic (exact) mass is 1300 g/mol. The van der Waals surface area contributed by atoms with Crippen LogP contribution in [-0.4, -0.2) is 127 Å². The number of carbonyl (C=O) groups is 8. The summed E-state index contributed by atoms with van der Waals surface area (Å²) < 4.78 is 15.0. The van der Waals surface area contributed by atoms with Crippen LogP contribution in [0.4, 0.5) is 44.5 Å². The number of rotatable bonds is 16. The molecule has 3 fully saturated rings. The number of amides is 7. The normalized spacial score (nSPS) is 13.1. The standard InChI is InChI=1S/C23H26N6O4.C18H18N6O2.C16H15N5O.C7H13NO4.C2H6/c1-23(2,3)33-22(32)24-13-19(30)25-16-11-9-14(10-12-16)17-5-4-6-18-26-21(28-29(17)18)27-20(31)15-7-8-15;19-10-16(25)20-13-8-6-11(7-9-13)14-2-1-3-15-21-18(23-24(14)15)22-17(26)12-4-5-12;17-12-8-6-10(7-9-12)13-2-1-3-14-18-16(20-21(13)14)19-15(22)11-4-5-11;1-7(2,3)12-6(11)8-4-5(9)10;1-2/h4-6,9-12,15H,7-8,13H2,1-3H3,(H,24,32)(H,25,30)(H,27,28,31);1-3,6-9,12H,4-5,10,19H2,(H,20,25)(H,22,23,26);1-3,6-9,11H,4-5,17H2,(H,19,20,22);4H2,1-3H3,(H,8,11)(H,9,10);1-2H3. The van der Waals surface area contributed by atoms with Gasteiger partial charge in [0.15, 0.2) is 16.9 Å². The quantitative estimate of drug-likeness (QED) is 0.0404. The zero-order valence-electron chi connectivity index (χ0n) is 53.9. The van der Waals surface area contributed by atoms with Gasteiger partial charge in [-0.3, -0.25) is 44.7 Å². The number of aromatic nitrogens is 9. The van der Waals surface area contributed by atoms with Gasteiger partial charge in [-0.15, -0.1) is 15.3 Å². The second-order valence-corrected chi connectivity index (χ2v) is 23.8. The van der Waals surface area contributed by atoms with Gasteiger partial charge < -0.3 is 47.3 Å². The van der Waals surface area contributed by atoms with E-state index in [4.69, 9.17) is 26.0 Å². The molecular weight excluding hydrogens is 1220 g/mol. The van der Waals surface area contributed by atoms with Gasteiger partial charge in [0, 0.05) is 51.5 Å². The molecule has 95 heavy (non-hydrogen) atoms. The summed E-state index contributed by atoms with van der Waals surface area (Å²) in [6.45, 7) is 13.7. The predicted molar refractivity (Wildman–Crippen MR) is 358 cm³/mol. The Hall–Kier alpha value is -11.4. The van der Waals surface area contributed by atoms with Gasteiger partial charge in [0.1, 0.15) is 24.3 Å². The van der Waals surface area contributed by atoms with E-state index >= 15 is 0 Å². The first-order valence-corrected chi connectivity index (χ1v) is 30.9. The van der Waals surface area contributed by atoms with Crippen LogP contribution < -0.4 is 48.7 Å². The van der Waals surface area contributed by atoms with E-state index in [-0.39, 0.29) is 66.3 Å². The number of carbonyl (C=O) groups excluding carboxylic acids is 7. The number of pyridine rings is 3. The first kappa shape index (κ1) is 69.5. The Morgan fingerprint density at radius 1 is 0.463 bits per heavy atom. The number of anilines is 6. The van der Waals surface area contributed by atoms with Crippen LogP contribution in [0.3, 0.4) is 0 Å². The van der Waals surface area contributed by atoms with Crippen molar-refractivity contribution < 1.29 is 52.9 Å². The molecule has 0 aliphatic heterocycles. The van der Waals surface area contributed by atoms with Crippen molar-refractivity contribution >= 4 is 99.5 Å². The van der Waals surface area contributed by atoms with E-state index in [9.17, 15) is 38.4 Å². The maximum absolute atomic E-state index is 12.1. The lowest BCUT2D eigenvalue weighted by molar-refractivity contribution is -0.136. The molecule has 3 saturated carbocycles. The number of hydrogen-bond donors (Lipinski definition) is 10. The molecule has 0 saturated heterocycles. The smallest absolute Gasteiger partial charge is 0.408 e. The highest BCUT2D eigenvalue weighted by molar-refractivity contribution is 5.96. The number of carboxylic acids is 1. The molecule has 6 heterocycles. The van der Waals surface area contributed by atoms with Crippen molar-refractivity contribution in [2.75, 3.05) is 52.0 Å². The van der Waals surface area contributed by atoms with Crippen molar-refractivity contribution in [3.63, 3.8) is 0 Å². The van der Waals surface area contributed by atoms with Gasteiger partial charge in [0.05, 0.1) is 23.6 Å². The van der Waals surface area contributed by atoms with Crippen molar-refractivity contribution in [2.45, 2.75) is 105 Å². The fraction of sp³-hybridized carbons (Fsp3) is 0.333. The summed E-state index contributed by atoms with van der Waals surface area (Å²) in [5.74, 6) is -0.558. The van der Waals surface area contributed by atoms with Gasteiger partial charge in [-0.2, -0.15) is 15.0 Å². The predicted octanol–water partition coefficient (Wildman–Crippen LogP) is 8.80. The number of nitrogens with zero attached hydrogens (tertiary/aromatic N) is 9. The largest absolute Gasteiger partial charge is 0.480 e. The number of fused-ring (bicyclic) bond motifs is 3. The number of ether oxygens (including phenoxy) is 2. The highest BCUT2D eigenvalue weighted by Gasteiger charge is 2.32. The Labute approximate surface area is 546 Å². The Kier molecular flexibility index (Phi) is 22.9. The van der Waals surface area contributed by atoms with E-state index in [0.29, 0.717) is 45.9 Å². The van der Waals surface area contributed by atoms with Gasteiger partial charge in [-0.05, 0) is 153 Å². The minimum Gasteiger partial charge on any atom is -0.480 e. The number of nitrogens with one attached hydrogen (secondary N) is 7. The molecule has 7 amide bonds.